The molecule has 1 aliphatic heterocycles. The number of carbonyl (C=O) groups is 1. The Kier molecular flexibility index (Phi) is 7.70. The second-order valence-corrected chi connectivity index (χ2v) is 8.51. The van der Waals surface area contributed by atoms with Crippen molar-refractivity contribution in [1.82, 2.24) is 0 Å². The third-order valence-corrected chi connectivity index (χ3v) is 6.39. The van der Waals surface area contributed by atoms with Crippen molar-refractivity contribution in [2.24, 2.45) is 4.99 Å². The molecule has 9 heteroatoms. The fourth-order valence-corrected chi connectivity index (χ4v) is 4.61. The normalized spacial score (nSPS) is 15.4. The van der Waals surface area contributed by atoms with E-state index in [4.69, 9.17) is 28.7 Å². The van der Waals surface area contributed by atoms with Crippen LogP contribution < -0.4 is 28.6 Å². The van der Waals surface area contributed by atoms with Gasteiger partial charge in [-0.25, -0.2) is 4.99 Å². The number of carbonyl (C=O) groups excluding carboxylic acids is 1. The van der Waals surface area contributed by atoms with Crippen LogP contribution in [0.4, 0.5) is 11.4 Å². The monoisotopic (exact) mass is 506 g/mol. The van der Waals surface area contributed by atoms with Gasteiger partial charge in [0.15, 0.2) is 16.7 Å². The number of ether oxygens (including phenoxy) is 5. The Balaban J connectivity index is 1.78. The fraction of sp³-hybridized carbons (Fsp3) is 0.185. The van der Waals surface area contributed by atoms with Crippen molar-refractivity contribution in [3.05, 3.63) is 71.1 Å². The SMILES string of the molecule is COc1ccc(N=C2SC(=Cc3cc(OC)c(OC)c(OC)c3)C(=O)N2c2ccc(OC)cc2)cc1. The van der Waals surface area contributed by atoms with Gasteiger partial charge in [0.1, 0.15) is 11.5 Å². The van der Waals surface area contributed by atoms with Crippen LogP contribution in [0.5, 0.6) is 28.7 Å². The fourth-order valence-electron chi connectivity index (χ4n) is 3.61. The van der Waals surface area contributed by atoms with Gasteiger partial charge in [-0.05, 0) is 84.1 Å². The molecule has 36 heavy (non-hydrogen) atoms. The summed E-state index contributed by atoms with van der Waals surface area (Å²) in [6.45, 7) is 0. The molecule has 0 unspecified atom stereocenters. The van der Waals surface area contributed by atoms with Crippen molar-refractivity contribution in [2.75, 3.05) is 40.4 Å². The minimum absolute atomic E-state index is 0.203. The molecule has 4 rings (SSSR count). The van der Waals surface area contributed by atoms with Crippen LogP contribution in [-0.4, -0.2) is 46.6 Å². The first kappa shape index (κ1) is 25.0. The topological polar surface area (TPSA) is 78.8 Å². The molecule has 1 fully saturated rings. The summed E-state index contributed by atoms with van der Waals surface area (Å²) in [7, 11) is 7.85. The molecule has 0 saturated carbocycles. The van der Waals surface area contributed by atoms with Gasteiger partial charge in [-0.3, -0.25) is 9.69 Å². The van der Waals surface area contributed by atoms with E-state index in [-0.39, 0.29) is 5.91 Å². The lowest BCUT2D eigenvalue weighted by Gasteiger charge is -2.16. The number of hydrogen-bond acceptors (Lipinski definition) is 8. The summed E-state index contributed by atoms with van der Waals surface area (Å²) in [6.07, 6.45) is 1.78. The highest BCUT2D eigenvalue weighted by molar-refractivity contribution is 8.19. The molecule has 8 nitrogen and oxygen atoms in total. The number of methoxy groups -OCH3 is 5. The van der Waals surface area contributed by atoms with E-state index >= 15 is 0 Å². The Morgan fingerprint density at radius 2 is 1.31 bits per heavy atom. The van der Waals surface area contributed by atoms with E-state index in [1.54, 1.807) is 70.8 Å². The third kappa shape index (κ3) is 5.11. The van der Waals surface area contributed by atoms with Crippen LogP contribution in [0.1, 0.15) is 5.56 Å². The van der Waals surface area contributed by atoms with Gasteiger partial charge >= 0.3 is 0 Å². The zero-order chi connectivity index (χ0) is 25.7. The van der Waals surface area contributed by atoms with Gasteiger partial charge in [-0.1, -0.05) is 0 Å². The maximum atomic E-state index is 13.6. The van der Waals surface area contributed by atoms with Gasteiger partial charge in [-0.2, -0.15) is 0 Å². The number of thioether (sulfide) groups is 1. The van der Waals surface area contributed by atoms with E-state index in [9.17, 15) is 4.79 Å². The van der Waals surface area contributed by atoms with Crippen molar-refractivity contribution >= 4 is 40.3 Å². The molecule has 0 radical (unpaired) electrons. The summed E-state index contributed by atoms with van der Waals surface area (Å²) >= 11 is 1.28. The van der Waals surface area contributed by atoms with Gasteiger partial charge in [-0.15, -0.1) is 0 Å². The number of benzene rings is 3. The summed E-state index contributed by atoms with van der Waals surface area (Å²) in [4.78, 5) is 20.4. The van der Waals surface area contributed by atoms with E-state index in [0.29, 0.717) is 44.4 Å². The smallest absolute Gasteiger partial charge is 0.271 e. The van der Waals surface area contributed by atoms with Gasteiger partial charge in [0.05, 0.1) is 51.8 Å². The minimum atomic E-state index is -0.203. The number of rotatable bonds is 8. The lowest BCUT2D eigenvalue weighted by molar-refractivity contribution is -0.113. The van der Waals surface area contributed by atoms with E-state index in [1.165, 1.54) is 11.8 Å². The van der Waals surface area contributed by atoms with Crippen LogP contribution in [0.15, 0.2) is 70.6 Å². The molecule has 1 heterocycles. The first-order valence-electron chi connectivity index (χ1n) is 10.9. The molecule has 3 aromatic rings. The van der Waals surface area contributed by atoms with Crippen LogP contribution in [0.2, 0.25) is 0 Å². The van der Waals surface area contributed by atoms with Gasteiger partial charge < -0.3 is 23.7 Å². The second kappa shape index (κ2) is 11.1. The molecule has 0 aromatic heterocycles. The predicted molar refractivity (Wildman–Crippen MR) is 142 cm³/mol. The van der Waals surface area contributed by atoms with E-state index in [2.05, 4.69) is 0 Å². The first-order chi connectivity index (χ1) is 17.5. The molecule has 0 atom stereocenters. The van der Waals surface area contributed by atoms with Crippen LogP contribution in [-0.2, 0) is 4.79 Å². The number of anilines is 1. The van der Waals surface area contributed by atoms with Gasteiger partial charge in [0.25, 0.3) is 5.91 Å². The molecular weight excluding hydrogens is 480 g/mol. The first-order valence-corrected chi connectivity index (χ1v) is 11.7. The Morgan fingerprint density at radius 3 is 1.81 bits per heavy atom. The average Bonchev–Trinajstić information content (AvgIpc) is 3.22. The highest BCUT2D eigenvalue weighted by Crippen LogP contribution is 2.41. The van der Waals surface area contributed by atoms with Gasteiger partial charge in [0.2, 0.25) is 5.75 Å². The average molecular weight is 507 g/mol. The standard InChI is InChI=1S/C27H26N2O6S/c1-31-20-10-6-18(7-11-20)28-27-29(19-8-12-21(32-2)13-9-19)26(30)24(36-27)16-17-14-22(33-3)25(35-5)23(15-17)34-4/h6-16H,1-5H3. The predicted octanol–water partition coefficient (Wildman–Crippen LogP) is 5.54. The highest BCUT2D eigenvalue weighted by atomic mass is 32.2. The van der Waals surface area contributed by atoms with Crippen LogP contribution in [0.25, 0.3) is 6.08 Å². The number of nitrogens with zero attached hydrogens (tertiary/aromatic N) is 2. The molecule has 1 amide bonds. The summed E-state index contributed by atoms with van der Waals surface area (Å²) in [5.74, 6) is 2.70. The summed E-state index contributed by atoms with van der Waals surface area (Å²) < 4.78 is 26.8. The lowest BCUT2D eigenvalue weighted by atomic mass is 10.1. The Labute approximate surface area is 214 Å². The largest absolute Gasteiger partial charge is 0.497 e. The molecule has 0 aliphatic carbocycles. The quantitative estimate of drug-likeness (QED) is 0.371. The van der Waals surface area contributed by atoms with Crippen LogP contribution >= 0.6 is 11.8 Å². The molecule has 1 aliphatic rings. The Bertz CT molecular complexity index is 1280. The van der Waals surface area contributed by atoms with Crippen molar-refractivity contribution in [3.63, 3.8) is 0 Å². The lowest BCUT2D eigenvalue weighted by Crippen LogP contribution is -2.28. The number of amidine groups is 1. The molecular formula is C27H26N2O6S. The maximum absolute atomic E-state index is 13.6. The zero-order valence-corrected chi connectivity index (χ0v) is 21.4. The van der Waals surface area contributed by atoms with Crippen LogP contribution in [0, 0.1) is 0 Å². The summed E-state index contributed by atoms with van der Waals surface area (Å²) in [6, 6.07) is 18.2. The second-order valence-electron chi connectivity index (χ2n) is 7.50. The highest BCUT2D eigenvalue weighted by Gasteiger charge is 2.35. The maximum Gasteiger partial charge on any atom is 0.271 e. The number of hydrogen-bond donors (Lipinski definition) is 0. The van der Waals surface area contributed by atoms with Gasteiger partial charge in [0, 0.05) is 0 Å². The van der Waals surface area contributed by atoms with E-state index in [1.807, 2.05) is 36.4 Å². The molecule has 0 bridgehead atoms. The van der Waals surface area contributed by atoms with E-state index in [0.717, 1.165) is 11.3 Å². The molecule has 3 aromatic carbocycles. The zero-order valence-electron chi connectivity index (χ0n) is 20.6. The summed E-state index contributed by atoms with van der Waals surface area (Å²) in [5, 5.41) is 0.522. The molecule has 186 valence electrons. The van der Waals surface area contributed by atoms with E-state index < -0.39 is 0 Å². The van der Waals surface area contributed by atoms with Crippen molar-refractivity contribution in [1.29, 1.82) is 0 Å². The summed E-state index contributed by atoms with van der Waals surface area (Å²) in [5.41, 5.74) is 2.09. The Hall–Kier alpha value is -4.11. The van der Waals surface area contributed by atoms with Crippen LogP contribution in [0.3, 0.4) is 0 Å². The van der Waals surface area contributed by atoms with Crippen molar-refractivity contribution < 1.29 is 28.5 Å². The molecule has 0 spiro atoms. The third-order valence-electron chi connectivity index (χ3n) is 5.42. The number of amides is 1. The van der Waals surface area contributed by atoms with Crippen molar-refractivity contribution in [2.45, 2.75) is 0 Å². The molecule has 0 N–H and O–H groups in total. The molecule has 1 saturated heterocycles. The van der Waals surface area contributed by atoms with Crippen molar-refractivity contribution in [3.8, 4) is 28.7 Å². The number of aliphatic imine (C=N–C) groups is 1. The Morgan fingerprint density at radius 1 is 0.750 bits per heavy atom. The minimum Gasteiger partial charge on any atom is -0.497 e.